The summed E-state index contributed by atoms with van der Waals surface area (Å²) in [6.45, 7) is 9.33. The molecule has 1 heterocycles. The molecule has 0 amide bonds. The second-order valence-electron chi connectivity index (χ2n) is 5.79. The van der Waals surface area contributed by atoms with Gasteiger partial charge in [-0.3, -0.25) is 0 Å². The van der Waals surface area contributed by atoms with E-state index in [-0.39, 0.29) is 11.0 Å². The molecule has 0 radical (unpaired) electrons. The molecular weight excluding hydrogens is 328 g/mol. The maximum absolute atomic E-state index is 14.0. The quantitative estimate of drug-likeness (QED) is 0.802. The van der Waals surface area contributed by atoms with Crippen molar-refractivity contribution < 1.29 is 13.2 Å². The van der Waals surface area contributed by atoms with E-state index in [1.54, 1.807) is 0 Å². The fraction of sp³-hybridized carbons (Fsp3) is 0.467. The molecule has 0 aliphatic rings. The zero-order valence-electron chi connectivity index (χ0n) is 12.0. The highest BCUT2D eigenvalue weighted by Crippen LogP contribution is 2.41. The van der Waals surface area contributed by atoms with Gasteiger partial charge in [-0.05, 0) is 34.0 Å². The van der Waals surface area contributed by atoms with Crippen LogP contribution in [0.2, 0.25) is 0 Å². The predicted octanol–water partition coefficient (Wildman–Crippen LogP) is 4.88. The van der Waals surface area contributed by atoms with Crippen molar-refractivity contribution in [2.45, 2.75) is 39.7 Å². The Labute approximate surface area is 125 Å². The number of hydrogen-bond donors (Lipinski definition) is 1. The molecule has 5 heteroatoms. The molecule has 0 atom stereocenters. The van der Waals surface area contributed by atoms with Crippen LogP contribution in [0.25, 0.3) is 11.0 Å². The van der Waals surface area contributed by atoms with Crippen LogP contribution in [0, 0.1) is 11.6 Å². The molecule has 1 aromatic heterocycles. The molecule has 0 bridgehead atoms. The molecule has 0 saturated carbocycles. The van der Waals surface area contributed by atoms with E-state index >= 15 is 0 Å². The molecule has 1 N–H and O–H groups in total. The molecule has 1 aromatic carbocycles. The Kier molecular flexibility index (Phi) is 4.21. The van der Waals surface area contributed by atoms with E-state index in [1.165, 1.54) is 0 Å². The Balaban J connectivity index is 2.80. The number of furan rings is 1. The van der Waals surface area contributed by atoms with Crippen LogP contribution < -0.4 is 5.32 Å². The smallest absolute Gasteiger partial charge is 0.201 e. The van der Waals surface area contributed by atoms with E-state index in [1.807, 2.05) is 27.7 Å². The first-order valence-electron chi connectivity index (χ1n) is 6.57. The molecule has 0 saturated heterocycles. The summed E-state index contributed by atoms with van der Waals surface area (Å²) in [5.41, 5.74) is 0.650. The normalized spacial score (nSPS) is 12.3. The number of nitrogens with one attached hydrogen (secondary N) is 1. The highest BCUT2D eigenvalue weighted by atomic mass is 79.9. The van der Waals surface area contributed by atoms with Gasteiger partial charge in [0, 0.05) is 15.4 Å². The monoisotopic (exact) mass is 345 g/mol. The second-order valence-corrected chi connectivity index (χ2v) is 6.64. The lowest BCUT2D eigenvalue weighted by molar-refractivity contribution is 0.459. The first kappa shape index (κ1) is 15.4. The fourth-order valence-electron chi connectivity index (χ4n) is 2.37. The molecule has 2 aromatic rings. The lowest BCUT2D eigenvalue weighted by Crippen LogP contribution is -2.18. The highest BCUT2D eigenvalue weighted by molar-refractivity contribution is 9.10. The molecule has 0 unspecified atom stereocenters. The average Bonchev–Trinajstić information content (AvgIpc) is 2.73. The summed E-state index contributed by atoms with van der Waals surface area (Å²) < 4.78 is 33.6. The summed E-state index contributed by atoms with van der Waals surface area (Å²) in [5.74, 6) is -1.19. The van der Waals surface area contributed by atoms with Crippen molar-refractivity contribution in [3.8, 4) is 0 Å². The summed E-state index contributed by atoms with van der Waals surface area (Å²) >= 11 is 3.32. The van der Waals surface area contributed by atoms with Crippen LogP contribution in [-0.4, -0.2) is 6.54 Å². The minimum absolute atomic E-state index is 0.0188. The predicted molar refractivity (Wildman–Crippen MR) is 79.9 cm³/mol. The largest absolute Gasteiger partial charge is 0.456 e. The van der Waals surface area contributed by atoms with Crippen LogP contribution >= 0.6 is 15.9 Å². The van der Waals surface area contributed by atoms with Gasteiger partial charge in [-0.25, -0.2) is 4.39 Å². The highest BCUT2D eigenvalue weighted by Gasteiger charge is 2.29. The topological polar surface area (TPSA) is 25.2 Å². The van der Waals surface area contributed by atoms with Gasteiger partial charge >= 0.3 is 0 Å². The molecule has 20 heavy (non-hydrogen) atoms. The van der Waals surface area contributed by atoms with Crippen molar-refractivity contribution in [2.24, 2.45) is 0 Å². The molecule has 0 spiro atoms. The number of halogens is 3. The van der Waals surface area contributed by atoms with E-state index in [0.29, 0.717) is 22.2 Å². The summed E-state index contributed by atoms with van der Waals surface area (Å²) in [7, 11) is 0. The minimum atomic E-state index is -0.934. The maximum atomic E-state index is 14.0. The molecule has 2 nitrogen and oxygen atoms in total. The SMILES string of the molecule is CCNCc1oc2c(F)c(F)cc(Br)c2c1C(C)(C)C. The Bertz CT molecular complexity index is 644. The van der Waals surface area contributed by atoms with Gasteiger partial charge in [0.15, 0.2) is 11.4 Å². The number of hydrogen-bond acceptors (Lipinski definition) is 2. The van der Waals surface area contributed by atoms with Gasteiger partial charge in [0.25, 0.3) is 0 Å². The van der Waals surface area contributed by atoms with Gasteiger partial charge < -0.3 is 9.73 Å². The van der Waals surface area contributed by atoms with Gasteiger partial charge in [-0.2, -0.15) is 4.39 Å². The molecule has 0 aliphatic carbocycles. The first-order chi connectivity index (χ1) is 9.27. The Morgan fingerprint density at radius 3 is 2.50 bits per heavy atom. The van der Waals surface area contributed by atoms with Crippen LogP contribution in [-0.2, 0) is 12.0 Å². The van der Waals surface area contributed by atoms with Gasteiger partial charge in [0.2, 0.25) is 5.82 Å². The van der Waals surface area contributed by atoms with Gasteiger partial charge in [-0.1, -0.05) is 27.7 Å². The summed E-state index contributed by atoms with van der Waals surface area (Å²) in [6.07, 6.45) is 0. The van der Waals surface area contributed by atoms with E-state index in [0.717, 1.165) is 18.2 Å². The third kappa shape index (κ3) is 2.61. The van der Waals surface area contributed by atoms with Crippen LogP contribution in [0.15, 0.2) is 15.0 Å². The zero-order chi connectivity index (χ0) is 15.1. The van der Waals surface area contributed by atoms with Gasteiger partial charge in [0.05, 0.1) is 6.54 Å². The summed E-state index contributed by atoms with van der Waals surface area (Å²) in [4.78, 5) is 0. The molecule has 0 fully saturated rings. The Morgan fingerprint density at radius 1 is 1.30 bits per heavy atom. The third-order valence-corrected chi connectivity index (χ3v) is 3.79. The van der Waals surface area contributed by atoms with Crippen molar-refractivity contribution in [3.05, 3.63) is 33.5 Å². The van der Waals surface area contributed by atoms with Crippen LogP contribution in [0.4, 0.5) is 8.78 Å². The zero-order valence-corrected chi connectivity index (χ0v) is 13.6. The van der Waals surface area contributed by atoms with E-state index in [4.69, 9.17) is 4.42 Å². The fourth-order valence-corrected chi connectivity index (χ4v) is 2.95. The van der Waals surface area contributed by atoms with E-state index in [2.05, 4.69) is 21.2 Å². The van der Waals surface area contributed by atoms with Gasteiger partial charge in [-0.15, -0.1) is 0 Å². The van der Waals surface area contributed by atoms with Crippen molar-refractivity contribution in [1.82, 2.24) is 5.32 Å². The van der Waals surface area contributed by atoms with Crippen LogP contribution in [0.5, 0.6) is 0 Å². The lowest BCUT2D eigenvalue weighted by atomic mass is 9.84. The molecular formula is C15H18BrF2NO. The summed E-state index contributed by atoms with van der Waals surface area (Å²) in [5, 5.41) is 3.78. The number of rotatable bonds is 3. The van der Waals surface area contributed by atoms with Crippen LogP contribution in [0.3, 0.4) is 0 Å². The van der Waals surface area contributed by atoms with E-state index < -0.39 is 11.6 Å². The maximum Gasteiger partial charge on any atom is 0.201 e. The van der Waals surface area contributed by atoms with Gasteiger partial charge in [0.1, 0.15) is 5.76 Å². The average molecular weight is 346 g/mol. The second kappa shape index (κ2) is 5.45. The van der Waals surface area contributed by atoms with Crippen molar-refractivity contribution in [1.29, 1.82) is 0 Å². The van der Waals surface area contributed by atoms with Crippen molar-refractivity contribution in [3.63, 3.8) is 0 Å². The van der Waals surface area contributed by atoms with E-state index in [9.17, 15) is 8.78 Å². The number of fused-ring (bicyclic) bond motifs is 1. The minimum Gasteiger partial charge on any atom is -0.456 e. The Morgan fingerprint density at radius 2 is 1.95 bits per heavy atom. The number of benzene rings is 1. The summed E-state index contributed by atoms with van der Waals surface area (Å²) in [6, 6.07) is 1.15. The molecule has 110 valence electrons. The molecule has 0 aliphatic heterocycles. The first-order valence-corrected chi connectivity index (χ1v) is 7.36. The van der Waals surface area contributed by atoms with Crippen molar-refractivity contribution >= 4 is 26.9 Å². The van der Waals surface area contributed by atoms with Crippen LogP contribution in [0.1, 0.15) is 39.0 Å². The van der Waals surface area contributed by atoms with Crippen molar-refractivity contribution in [2.75, 3.05) is 6.54 Å². The Hall–Kier alpha value is -0.940. The lowest BCUT2D eigenvalue weighted by Gasteiger charge is -2.19. The third-order valence-electron chi connectivity index (χ3n) is 3.17. The standard InChI is InChI=1S/C15H18BrF2NO/c1-5-19-7-10-12(15(2,3)4)11-8(16)6-9(17)13(18)14(11)20-10/h6,19H,5,7H2,1-4H3. The molecule has 2 rings (SSSR count).